The van der Waals surface area contributed by atoms with Crippen LogP contribution in [0.2, 0.25) is 0 Å². The molecule has 6 nitrogen and oxygen atoms in total. The standard InChI is InChI=1S/C21H13F2N5O/c22-18-6-14(13-3-4-15-8-24-11-27(15)9-13)7-19(23)17(18)10-28-12-26-20-16(21(28)29)2-1-5-25-20/h1-9,11-12H,10H2. The maximum Gasteiger partial charge on any atom is 0.263 e. The average Bonchev–Trinajstić information content (AvgIpc) is 3.20. The summed E-state index contributed by atoms with van der Waals surface area (Å²) < 4.78 is 32.5. The molecule has 0 N–H and O–H groups in total. The third-order valence-corrected chi connectivity index (χ3v) is 4.81. The number of hydrogen-bond acceptors (Lipinski definition) is 4. The SMILES string of the molecule is O=c1c2cccnc2ncn1Cc1c(F)cc(-c2ccc3cncn3c2)cc1F. The van der Waals surface area contributed by atoms with Crippen LogP contribution in [-0.2, 0) is 6.54 Å². The summed E-state index contributed by atoms with van der Waals surface area (Å²) in [5.41, 5.74) is 1.60. The Morgan fingerprint density at radius 2 is 1.79 bits per heavy atom. The van der Waals surface area contributed by atoms with E-state index in [0.29, 0.717) is 22.2 Å². The van der Waals surface area contributed by atoms with E-state index in [1.54, 1.807) is 41.3 Å². The predicted octanol–water partition coefficient (Wildman–Crippen LogP) is 3.43. The fraction of sp³-hybridized carbons (Fsp3) is 0.0476. The van der Waals surface area contributed by atoms with E-state index < -0.39 is 17.2 Å². The lowest BCUT2D eigenvalue weighted by atomic mass is 10.0. The van der Waals surface area contributed by atoms with E-state index in [1.165, 1.54) is 29.2 Å². The van der Waals surface area contributed by atoms with Gasteiger partial charge in [-0.2, -0.15) is 0 Å². The van der Waals surface area contributed by atoms with Crippen LogP contribution in [0.3, 0.4) is 0 Å². The van der Waals surface area contributed by atoms with Gasteiger partial charge in [0.05, 0.1) is 30.0 Å². The van der Waals surface area contributed by atoms with Gasteiger partial charge in [0, 0.05) is 18.0 Å². The first-order valence-electron chi connectivity index (χ1n) is 8.80. The fourth-order valence-corrected chi connectivity index (χ4v) is 3.29. The summed E-state index contributed by atoms with van der Waals surface area (Å²) in [5, 5.41) is 0.293. The number of nitrogens with zero attached hydrogens (tertiary/aromatic N) is 5. The van der Waals surface area contributed by atoms with Gasteiger partial charge in [-0.15, -0.1) is 0 Å². The molecule has 0 aliphatic rings. The largest absolute Gasteiger partial charge is 0.306 e. The van der Waals surface area contributed by atoms with Gasteiger partial charge in [0.2, 0.25) is 0 Å². The van der Waals surface area contributed by atoms with Gasteiger partial charge in [-0.3, -0.25) is 9.36 Å². The van der Waals surface area contributed by atoms with Crippen LogP contribution in [0.25, 0.3) is 27.7 Å². The van der Waals surface area contributed by atoms with Crippen molar-refractivity contribution in [2.45, 2.75) is 6.54 Å². The molecule has 142 valence electrons. The minimum atomic E-state index is -0.732. The number of rotatable bonds is 3. The molecule has 0 saturated heterocycles. The lowest BCUT2D eigenvalue weighted by Crippen LogP contribution is -2.22. The van der Waals surface area contributed by atoms with E-state index in [-0.39, 0.29) is 12.1 Å². The van der Waals surface area contributed by atoms with Crippen LogP contribution in [0.1, 0.15) is 5.56 Å². The normalized spacial score (nSPS) is 11.4. The number of halogens is 2. The van der Waals surface area contributed by atoms with Crippen LogP contribution in [0.15, 0.2) is 72.4 Å². The first-order chi connectivity index (χ1) is 14.1. The molecule has 0 spiro atoms. The Morgan fingerprint density at radius 1 is 0.966 bits per heavy atom. The second-order valence-corrected chi connectivity index (χ2v) is 6.61. The molecule has 0 fully saturated rings. The van der Waals surface area contributed by atoms with Gasteiger partial charge in [-0.25, -0.2) is 23.7 Å². The zero-order valence-corrected chi connectivity index (χ0v) is 15.0. The zero-order chi connectivity index (χ0) is 20.0. The molecule has 5 aromatic rings. The maximum atomic E-state index is 14.8. The zero-order valence-electron chi connectivity index (χ0n) is 15.0. The highest BCUT2D eigenvalue weighted by Crippen LogP contribution is 2.25. The lowest BCUT2D eigenvalue weighted by Gasteiger charge is -2.11. The minimum Gasteiger partial charge on any atom is -0.306 e. The summed E-state index contributed by atoms with van der Waals surface area (Å²) in [6.07, 6.45) is 7.84. The number of fused-ring (bicyclic) bond motifs is 2. The van der Waals surface area contributed by atoms with E-state index in [9.17, 15) is 13.6 Å². The van der Waals surface area contributed by atoms with Crippen LogP contribution < -0.4 is 5.56 Å². The second kappa shape index (κ2) is 6.59. The Kier molecular flexibility index (Phi) is 3.90. The molecular weight excluding hydrogens is 376 g/mol. The fourth-order valence-electron chi connectivity index (χ4n) is 3.29. The Labute approximate surface area is 162 Å². The van der Waals surface area contributed by atoms with Crippen LogP contribution in [0.5, 0.6) is 0 Å². The summed E-state index contributed by atoms with van der Waals surface area (Å²) >= 11 is 0. The molecule has 4 heterocycles. The number of aromatic nitrogens is 5. The summed E-state index contributed by atoms with van der Waals surface area (Å²) in [4.78, 5) is 24.7. The van der Waals surface area contributed by atoms with Crippen LogP contribution in [-0.4, -0.2) is 23.9 Å². The number of imidazole rings is 1. The van der Waals surface area contributed by atoms with Crippen molar-refractivity contribution in [3.63, 3.8) is 0 Å². The highest BCUT2D eigenvalue weighted by molar-refractivity contribution is 5.72. The van der Waals surface area contributed by atoms with Crippen molar-refractivity contribution in [1.82, 2.24) is 23.9 Å². The van der Waals surface area contributed by atoms with Crippen molar-refractivity contribution in [2.75, 3.05) is 0 Å². The molecule has 0 amide bonds. The molecule has 1 aromatic carbocycles. The number of benzene rings is 1. The first-order valence-corrected chi connectivity index (χ1v) is 8.80. The highest BCUT2D eigenvalue weighted by Gasteiger charge is 2.15. The maximum absolute atomic E-state index is 14.8. The Bertz CT molecular complexity index is 1420. The van der Waals surface area contributed by atoms with Crippen molar-refractivity contribution in [2.24, 2.45) is 0 Å². The van der Waals surface area contributed by atoms with Crippen LogP contribution in [0.4, 0.5) is 8.78 Å². The summed E-state index contributed by atoms with van der Waals surface area (Å²) in [6, 6.07) is 9.31. The summed E-state index contributed by atoms with van der Waals surface area (Å²) in [7, 11) is 0. The van der Waals surface area contributed by atoms with E-state index in [2.05, 4.69) is 15.0 Å². The molecule has 0 unspecified atom stereocenters. The van der Waals surface area contributed by atoms with Crippen molar-refractivity contribution in [3.05, 3.63) is 95.2 Å². The van der Waals surface area contributed by atoms with Gasteiger partial charge in [0.1, 0.15) is 18.0 Å². The molecule has 0 bridgehead atoms. The van der Waals surface area contributed by atoms with Gasteiger partial charge in [0.15, 0.2) is 5.65 Å². The molecule has 0 radical (unpaired) electrons. The molecular formula is C21H13F2N5O. The number of pyridine rings is 2. The lowest BCUT2D eigenvalue weighted by molar-refractivity contribution is 0.541. The molecule has 5 rings (SSSR count). The monoisotopic (exact) mass is 389 g/mol. The molecule has 0 aliphatic heterocycles. The van der Waals surface area contributed by atoms with Gasteiger partial charge >= 0.3 is 0 Å². The Hall–Kier alpha value is -3.94. The number of hydrogen-bond donors (Lipinski definition) is 0. The average molecular weight is 389 g/mol. The van der Waals surface area contributed by atoms with Gasteiger partial charge < -0.3 is 4.40 Å². The third-order valence-electron chi connectivity index (χ3n) is 4.81. The van der Waals surface area contributed by atoms with E-state index in [4.69, 9.17) is 0 Å². The van der Waals surface area contributed by atoms with E-state index >= 15 is 0 Å². The van der Waals surface area contributed by atoms with Crippen molar-refractivity contribution < 1.29 is 8.78 Å². The van der Waals surface area contributed by atoms with Gasteiger partial charge in [-0.05, 0) is 41.5 Å². The van der Waals surface area contributed by atoms with Crippen LogP contribution in [0, 0.1) is 11.6 Å². The highest BCUT2D eigenvalue weighted by atomic mass is 19.1. The summed E-state index contributed by atoms with van der Waals surface area (Å²) in [6.45, 7) is -0.269. The van der Waals surface area contributed by atoms with Crippen molar-refractivity contribution in [3.8, 4) is 11.1 Å². The molecule has 0 saturated carbocycles. The Balaban J connectivity index is 1.55. The van der Waals surface area contributed by atoms with Crippen molar-refractivity contribution in [1.29, 1.82) is 0 Å². The summed E-state index contributed by atoms with van der Waals surface area (Å²) in [5.74, 6) is -1.46. The topological polar surface area (TPSA) is 65.1 Å². The molecule has 0 atom stereocenters. The Morgan fingerprint density at radius 3 is 2.62 bits per heavy atom. The molecule has 8 heteroatoms. The third kappa shape index (κ3) is 2.94. The predicted molar refractivity (Wildman–Crippen MR) is 103 cm³/mol. The van der Waals surface area contributed by atoms with E-state index in [0.717, 1.165) is 5.52 Å². The smallest absolute Gasteiger partial charge is 0.263 e. The molecule has 4 aromatic heterocycles. The van der Waals surface area contributed by atoms with E-state index in [1.807, 2.05) is 6.07 Å². The second-order valence-electron chi connectivity index (χ2n) is 6.61. The molecule has 0 aliphatic carbocycles. The quantitative estimate of drug-likeness (QED) is 0.474. The first kappa shape index (κ1) is 17.2. The molecule has 29 heavy (non-hydrogen) atoms. The van der Waals surface area contributed by atoms with Crippen LogP contribution >= 0.6 is 0 Å². The van der Waals surface area contributed by atoms with Gasteiger partial charge in [-0.1, -0.05) is 6.07 Å². The van der Waals surface area contributed by atoms with Crippen molar-refractivity contribution >= 4 is 16.6 Å². The van der Waals surface area contributed by atoms with Gasteiger partial charge in [0.25, 0.3) is 5.56 Å². The minimum absolute atomic E-state index is 0.204.